The molecule has 3 N–H and O–H groups in total. The molecule has 15 heteroatoms. The number of hydrogen-bond acceptors (Lipinski definition) is 8. The fourth-order valence-corrected chi connectivity index (χ4v) is 3.67. The molecule has 2 rings (SSSR count). The van der Waals surface area contributed by atoms with E-state index in [1.807, 2.05) is 0 Å². The van der Waals surface area contributed by atoms with E-state index in [2.05, 4.69) is 26.3 Å². The molecule has 1 unspecified atom stereocenters. The second kappa shape index (κ2) is 8.09. The van der Waals surface area contributed by atoms with Gasteiger partial charge in [0.1, 0.15) is 18.4 Å². The molecule has 1 aromatic rings. The van der Waals surface area contributed by atoms with E-state index in [1.54, 1.807) is 0 Å². The van der Waals surface area contributed by atoms with Gasteiger partial charge in [0.15, 0.2) is 0 Å². The van der Waals surface area contributed by atoms with Gasteiger partial charge < -0.3 is 19.0 Å². The van der Waals surface area contributed by atoms with Crippen molar-refractivity contribution in [3.63, 3.8) is 0 Å². The van der Waals surface area contributed by atoms with E-state index in [-0.39, 0.29) is 12.0 Å². The van der Waals surface area contributed by atoms with Gasteiger partial charge in [-0.2, -0.15) is 0 Å². The van der Waals surface area contributed by atoms with E-state index in [4.69, 9.17) is 19.0 Å². The second-order valence-electron chi connectivity index (χ2n) is 5.42. The van der Waals surface area contributed by atoms with Crippen molar-refractivity contribution in [3.05, 3.63) is 32.6 Å². The molecule has 0 saturated carbocycles. The first kappa shape index (κ1) is 21.5. The van der Waals surface area contributed by atoms with Crippen LogP contribution in [0.5, 0.6) is 0 Å². The number of ether oxygens (including phenoxy) is 1. The molecule has 2 heterocycles. The lowest BCUT2D eigenvalue weighted by Gasteiger charge is -2.21. The minimum absolute atomic E-state index is 0.0332. The van der Waals surface area contributed by atoms with Crippen molar-refractivity contribution < 1.29 is 37.2 Å². The van der Waals surface area contributed by atoms with Crippen molar-refractivity contribution in [2.75, 3.05) is 13.7 Å². The number of H-pyrrole nitrogens is 1. The topological polar surface area (TPSA) is 166 Å². The first-order valence-corrected chi connectivity index (χ1v) is 11.4. The maximum absolute atomic E-state index is 12.0. The highest BCUT2D eigenvalue weighted by Crippen LogP contribution is 2.55. The molecule has 0 aliphatic carbocycles. The zero-order chi connectivity index (χ0) is 19.7. The minimum Gasteiger partial charge on any atom is -0.349 e. The summed E-state index contributed by atoms with van der Waals surface area (Å²) >= 11 is 3.74. The predicted octanol–water partition coefficient (Wildman–Crippen LogP) is 0.311. The van der Waals surface area contributed by atoms with E-state index in [0.29, 0.717) is 0 Å². The number of rotatable bonds is 7. The molecule has 1 aliphatic heterocycles. The quantitative estimate of drug-likeness (QED) is 0.348. The van der Waals surface area contributed by atoms with Crippen LogP contribution in [0, 0.1) is 6.92 Å². The summed E-state index contributed by atoms with van der Waals surface area (Å²) in [7, 11) is -3.68. The summed E-state index contributed by atoms with van der Waals surface area (Å²) in [6.45, 7) is -2.86. The van der Waals surface area contributed by atoms with E-state index in [9.17, 15) is 18.7 Å². The molecule has 12 nitrogen and oxygen atoms in total. The normalized spacial score (nSPS) is 26.0. The third kappa shape index (κ3) is 5.62. The summed E-state index contributed by atoms with van der Waals surface area (Å²) in [5.74, 6) is 0. The largest absolute Gasteiger partial charge is 0.469 e. The van der Waals surface area contributed by atoms with Crippen LogP contribution in [0.4, 0.5) is 0 Å². The Hall–Kier alpha value is -0.750. The number of nitrogens with zero attached hydrogens (tertiary/aromatic N) is 1. The second-order valence-corrected chi connectivity index (χ2v) is 9.65. The van der Waals surface area contributed by atoms with Gasteiger partial charge in [0.05, 0.1) is 6.61 Å². The standard InChI is InChI=1S/C11H18N2O10P2S/c1-6-4-13(11(15)12-10(6)14)9-3-7(23-25(19,26)20-2)8(22-9)5-21-24(16,17)18/h4,7-9H,3,5H2,1-2H3,(H,19,26)(H,12,14,15)(H2,16,17,18)/t7-,8-,9+,25?/m1/s1. The van der Waals surface area contributed by atoms with Gasteiger partial charge in [-0.05, 0) is 6.92 Å². The zero-order valence-corrected chi connectivity index (χ0v) is 16.4. The summed E-state index contributed by atoms with van der Waals surface area (Å²) in [5.41, 5.74) is -1.06. The van der Waals surface area contributed by atoms with Crippen molar-refractivity contribution in [1.29, 1.82) is 0 Å². The smallest absolute Gasteiger partial charge is 0.349 e. The SMILES string of the molecule is COP(=O)(S)O[C@@H]1C[C@@H](n2cc(C)c(=O)[nH]c2=O)O[C@@H]1COP(=O)(O)O. The highest BCUT2D eigenvalue weighted by atomic mass is 32.7. The fourth-order valence-electron chi connectivity index (χ4n) is 2.32. The van der Waals surface area contributed by atoms with Gasteiger partial charge in [0.2, 0.25) is 0 Å². The summed E-state index contributed by atoms with van der Waals surface area (Å²) in [6.07, 6.45) is -1.81. The highest BCUT2D eigenvalue weighted by molar-refractivity contribution is 8.44. The Morgan fingerprint density at radius 1 is 1.42 bits per heavy atom. The molecular formula is C11H18N2O10P2S. The third-order valence-electron chi connectivity index (χ3n) is 3.54. The van der Waals surface area contributed by atoms with Gasteiger partial charge >= 0.3 is 20.3 Å². The van der Waals surface area contributed by atoms with Gasteiger partial charge in [-0.25, -0.2) is 13.9 Å². The minimum atomic E-state index is -4.79. The summed E-state index contributed by atoms with van der Waals surface area (Å²) in [4.78, 5) is 43.2. The van der Waals surface area contributed by atoms with Crippen LogP contribution < -0.4 is 11.2 Å². The first-order valence-electron chi connectivity index (χ1n) is 7.16. The maximum Gasteiger partial charge on any atom is 0.469 e. The van der Waals surface area contributed by atoms with Gasteiger partial charge in [-0.15, -0.1) is 0 Å². The number of aromatic amines is 1. The lowest BCUT2D eigenvalue weighted by atomic mass is 10.2. The van der Waals surface area contributed by atoms with Gasteiger partial charge in [-0.3, -0.25) is 23.4 Å². The molecular weight excluding hydrogens is 414 g/mol. The average molecular weight is 432 g/mol. The van der Waals surface area contributed by atoms with Crippen LogP contribution in [0.1, 0.15) is 18.2 Å². The van der Waals surface area contributed by atoms with Crippen LogP contribution >= 0.6 is 26.9 Å². The van der Waals surface area contributed by atoms with Crippen molar-refractivity contribution in [1.82, 2.24) is 9.55 Å². The Kier molecular flexibility index (Phi) is 6.71. The lowest BCUT2D eigenvalue weighted by molar-refractivity contribution is -0.0421. The number of phosphoric acid groups is 1. The molecule has 4 atom stereocenters. The molecule has 148 valence electrons. The molecule has 0 aromatic carbocycles. The van der Waals surface area contributed by atoms with Crippen molar-refractivity contribution >= 4 is 26.9 Å². The van der Waals surface area contributed by atoms with Crippen LogP contribution in [0.25, 0.3) is 0 Å². The van der Waals surface area contributed by atoms with Crippen molar-refractivity contribution in [2.24, 2.45) is 0 Å². The Balaban J connectivity index is 2.27. The lowest BCUT2D eigenvalue weighted by Crippen LogP contribution is -2.33. The number of aromatic nitrogens is 2. The fraction of sp³-hybridized carbons (Fsp3) is 0.636. The highest BCUT2D eigenvalue weighted by Gasteiger charge is 2.42. The van der Waals surface area contributed by atoms with Gasteiger partial charge in [-0.1, -0.05) is 12.2 Å². The molecule has 1 aliphatic rings. The molecule has 0 spiro atoms. The Bertz CT molecular complexity index is 863. The van der Waals surface area contributed by atoms with Crippen molar-refractivity contribution in [2.45, 2.75) is 31.8 Å². The van der Waals surface area contributed by atoms with E-state index in [1.165, 1.54) is 13.1 Å². The number of nitrogens with one attached hydrogen (secondary N) is 1. The number of aryl methyl sites for hydroxylation is 1. The van der Waals surface area contributed by atoms with E-state index < -0.39 is 50.9 Å². The van der Waals surface area contributed by atoms with E-state index >= 15 is 0 Å². The van der Waals surface area contributed by atoms with Crippen molar-refractivity contribution in [3.8, 4) is 0 Å². The molecule has 0 radical (unpaired) electrons. The number of hydrogen-bond donors (Lipinski definition) is 4. The van der Waals surface area contributed by atoms with Crippen LogP contribution in [0.15, 0.2) is 15.8 Å². The average Bonchev–Trinajstić information content (AvgIpc) is 2.90. The summed E-state index contributed by atoms with van der Waals surface area (Å²) < 4.78 is 43.8. The molecule has 0 amide bonds. The maximum atomic E-state index is 12.0. The predicted molar refractivity (Wildman–Crippen MR) is 91.1 cm³/mol. The van der Waals surface area contributed by atoms with Crippen LogP contribution in [-0.4, -0.2) is 45.3 Å². The molecule has 1 saturated heterocycles. The van der Waals surface area contributed by atoms with Crippen LogP contribution in [-0.2, 0) is 27.4 Å². The summed E-state index contributed by atoms with van der Waals surface area (Å²) in [5, 5.41) is 0. The molecule has 0 bridgehead atoms. The number of phosphoric ester groups is 1. The van der Waals surface area contributed by atoms with Crippen LogP contribution in [0.3, 0.4) is 0 Å². The van der Waals surface area contributed by atoms with Crippen LogP contribution in [0.2, 0.25) is 0 Å². The third-order valence-corrected chi connectivity index (χ3v) is 5.80. The summed E-state index contributed by atoms with van der Waals surface area (Å²) in [6, 6.07) is 0. The molecule has 26 heavy (non-hydrogen) atoms. The molecule has 1 fully saturated rings. The number of thiol groups is 1. The Labute approximate surface area is 152 Å². The van der Waals surface area contributed by atoms with Gasteiger partial charge in [0, 0.05) is 25.3 Å². The zero-order valence-electron chi connectivity index (χ0n) is 13.7. The van der Waals surface area contributed by atoms with Gasteiger partial charge in [0.25, 0.3) is 5.56 Å². The van der Waals surface area contributed by atoms with E-state index in [0.717, 1.165) is 11.7 Å². The Morgan fingerprint density at radius 2 is 2.08 bits per heavy atom. The monoisotopic (exact) mass is 432 g/mol. The first-order chi connectivity index (χ1) is 11.9. The Morgan fingerprint density at radius 3 is 2.65 bits per heavy atom. The molecule has 1 aromatic heterocycles.